The summed E-state index contributed by atoms with van der Waals surface area (Å²) in [5.41, 5.74) is -0.733. The standard InChI is InChI=1S/C22H23ClF3N3O3/c1-13(22(24,25)26)28-10-11-29-16(27-19(31)18(30)17(29)20(28)32)12-21(8-2-3-9-21)14-4-6-15(23)7-5-14/h4-7,13,30H,2-3,8-12H2,1H3. The van der Waals surface area contributed by atoms with Crippen molar-refractivity contribution in [3.05, 3.63) is 56.7 Å². The van der Waals surface area contributed by atoms with E-state index in [1.807, 2.05) is 12.1 Å². The number of carbonyl (C=O) groups is 1. The molecule has 1 N–H and O–H groups in total. The van der Waals surface area contributed by atoms with E-state index in [1.165, 1.54) is 4.57 Å². The number of amides is 1. The lowest BCUT2D eigenvalue weighted by molar-refractivity contribution is -0.172. The fourth-order valence-electron chi connectivity index (χ4n) is 4.90. The summed E-state index contributed by atoms with van der Waals surface area (Å²) in [5, 5.41) is 10.9. The first-order chi connectivity index (χ1) is 15.0. The van der Waals surface area contributed by atoms with E-state index in [2.05, 4.69) is 4.98 Å². The molecule has 172 valence electrons. The number of halogens is 4. The van der Waals surface area contributed by atoms with Gasteiger partial charge in [0.05, 0.1) is 0 Å². The molecule has 1 aromatic carbocycles. The highest BCUT2D eigenvalue weighted by Gasteiger charge is 2.45. The molecule has 1 fully saturated rings. The number of carbonyl (C=O) groups excluding carboxylic acids is 1. The Morgan fingerprint density at radius 3 is 2.38 bits per heavy atom. The van der Waals surface area contributed by atoms with Crippen LogP contribution in [-0.2, 0) is 18.4 Å². The van der Waals surface area contributed by atoms with Gasteiger partial charge in [-0.2, -0.15) is 18.2 Å². The van der Waals surface area contributed by atoms with Crippen molar-refractivity contribution in [1.29, 1.82) is 0 Å². The van der Waals surface area contributed by atoms with Gasteiger partial charge in [-0.05, 0) is 37.5 Å². The Bertz CT molecular complexity index is 1090. The molecule has 1 saturated carbocycles. The molecule has 1 aliphatic carbocycles. The van der Waals surface area contributed by atoms with E-state index in [4.69, 9.17) is 11.6 Å². The topological polar surface area (TPSA) is 75.4 Å². The number of nitrogens with zero attached hydrogens (tertiary/aromatic N) is 3. The largest absolute Gasteiger partial charge is 0.501 e. The molecule has 6 nitrogen and oxygen atoms in total. The number of benzene rings is 1. The van der Waals surface area contributed by atoms with Crippen molar-refractivity contribution < 1.29 is 23.1 Å². The number of hydrogen-bond donors (Lipinski definition) is 1. The third-order valence-corrected chi connectivity index (χ3v) is 6.97. The van der Waals surface area contributed by atoms with Crippen LogP contribution in [0.25, 0.3) is 0 Å². The van der Waals surface area contributed by atoms with E-state index in [1.54, 1.807) is 12.1 Å². The molecule has 1 aromatic heterocycles. The van der Waals surface area contributed by atoms with Crippen LogP contribution >= 0.6 is 11.6 Å². The van der Waals surface area contributed by atoms with Gasteiger partial charge < -0.3 is 14.6 Å². The Morgan fingerprint density at radius 2 is 1.78 bits per heavy atom. The second kappa shape index (κ2) is 8.10. The predicted molar refractivity (Wildman–Crippen MR) is 112 cm³/mol. The zero-order valence-corrected chi connectivity index (χ0v) is 18.2. The van der Waals surface area contributed by atoms with Gasteiger partial charge >= 0.3 is 11.7 Å². The zero-order chi connectivity index (χ0) is 23.3. The maximum absolute atomic E-state index is 13.2. The Hall–Kier alpha value is -2.55. The molecule has 1 unspecified atom stereocenters. The molecule has 1 aliphatic heterocycles. The lowest BCUT2D eigenvalue weighted by Gasteiger charge is -2.37. The molecule has 0 spiro atoms. The van der Waals surface area contributed by atoms with Gasteiger partial charge in [-0.1, -0.05) is 36.6 Å². The van der Waals surface area contributed by atoms with Crippen LogP contribution in [0.2, 0.25) is 5.02 Å². The molecule has 10 heteroatoms. The number of rotatable bonds is 4. The van der Waals surface area contributed by atoms with E-state index in [9.17, 15) is 27.9 Å². The van der Waals surface area contributed by atoms with Crippen LogP contribution < -0.4 is 5.56 Å². The minimum atomic E-state index is -4.62. The van der Waals surface area contributed by atoms with Gasteiger partial charge in [0.1, 0.15) is 11.9 Å². The van der Waals surface area contributed by atoms with Crippen LogP contribution in [0, 0.1) is 0 Å². The molecule has 0 radical (unpaired) electrons. The van der Waals surface area contributed by atoms with Crippen LogP contribution in [0.15, 0.2) is 29.1 Å². The van der Waals surface area contributed by atoms with Crippen LogP contribution in [0.1, 0.15) is 54.5 Å². The van der Waals surface area contributed by atoms with Gasteiger partial charge in [-0.25, -0.2) is 0 Å². The van der Waals surface area contributed by atoms with Crippen molar-refractivity contribution in [2.24, 2.45) is 0 Å². The quantitative estimate of drug-likeness (QED) is 0.732. The second-order valence-electron chi connectivity index (χ2n) is 8.57. The number of aromatic nitrogens is 2. The molecule has 32 heavy (non-hydrogen) atoms. The smallest absolute Gasteiger partial charge is 0.408 e. The lowest BCUT2D eigenvalue weighted by Crippen LogP contribution is -2.52. The molecule has 2 heterocycles. The van der Waals surface area contributed by atoms with Crippen molar-refractivity contribution in [2.75, 3.05) is 6.54 Å². The summed E-state index contributed by atoms with van der Waals surface area (Å²) >= 11 is 6.04. The van der Waals surface area contributed by atoms with Gasteiger partial charge in [0.25, 0.3) is 5.91 Å². The first-order valence-corrected chi connectivity index (χ1v) is 10.9. The van der Waals surface area contributed by atoms with Crippen LogP contribution in [-0.4, -0.2) is 44.2 Å². The molecule has 0 bridgehead atoms. The maximum Gasteiger partial charge on any atom is 0.408 e. The van der Waals surface area contributed by atoms with Crippen molar-refractivity contribution in [2.45, 2.75) is 63.2 Å². The van der Waals surface area contributed by atoms with Crippen LogP contribution in [0.4, 0.5) is 13.2 Å². The predicted octanol–water partition coefficient (Wildman–Crippen LogP) is 4.06. The normalized spacial score (nSPS) is 19.2. The van der Waals surface area contributed by atoms with Crippen LogP contribution in [0.3, 0.4) is 0 Å². The highest BCUT2D eigenvalue weighted by Crippen LogP contribution is 2.44. The zero-order valence-electron chi connectivity index (χ0n) is 17.5. The minimum Gasteiger partial charge on any atom is -0.501 e. The van der Waals surface area contributed by atoms with Gasteiger partial charge in [-0.15, -0.1) is 0 Å². The number of hydrogen-bond acceptors (Lipinski definition) is 4. The van der Waals surface area contributed by atoms with E-state index in [-0.39, 0.29) is 18.5 Å². The molecular weight excluding hydrogens is 447 g/mol. The summed E-state index contributed by atoms with van der Waals surface area (Å²) in [5.74, 6) is -1.64. The number of aromatic hydroxyl groups is 1. The fourth-order valence-corrected chi connectivity index (χ4v) is 5.02. The Labute approximate surface area is 187 Å². The van der Waals surface area contributed by atoms with Gasteiger partial charge in [-0.3, -0.25) is 9.59 Å². The van der Waals surface area contributed by atoms with Gasteiger partial charge in [0.2, 0.25) is 5.75 Å². The molecule has 2 aromatic rings. The SMILES string of the molecule is CC(N1CCn2c(CC3(c4ccc(Cl)cc4)CCCC3)nc(=O)c(O)c2C1=O)C(F)(F)F. The average molecular weight is 470 g/mol. The number of alkyl halides is 3. The van der Waals surface area contributed by atoms with Crippen molar-refractivity contribution >= 4 is 17.5 Å². The highest BCUT2D eigenvalue weighted by molar-refractivity contribution is 6.30. The summed E-state index contributed by atoms with van der Waals surface area (Å²) in [7, 11) is 0. The Balaban J connectivity index is 1.77. The third-order valence-electron chi connectivity index (χ3n) is 6.72. The van der Waals surface area contributed by atoms with Gasteiger partial charge in [0.15, 0.2) is 5.69 Å². The second-order valence-corrected chi connectivity index (χ2v) is 9.01. The van der Waals surface area contributed by atoms with E-state index < -0.39 is 35.1 Å². The third kappa shape index (κ3) is 3.87. The summed E-state index contributed by atoms with van der Waals surface area (Å²) < 4.78 is 41.1. The lowest BCUT2D eigenvalue weighted by atomic mass is 9.76. The fraction of sp³-hybridized carbons (Fsp3) is 0.500. The summed E-state index contributed by atoms with van der Waals surface area (Å²) in [6, 6.07) is 5.42. The molecule has 0 saturated heterocycles. The molecule has 2 aliphatic rings. The molecular formula is C22H23ClF3N3O3. The maximum atomic E-state index is 13.2. The average Bonchev–Trinajstić information content (AvgIpc) is 3.20. The summed E-state index contributed by atoms with van der Waals surface area (Å²) in [6.07, 6.45) is -0.648. The summed E-state index contributed by atoms with van der Waals surface area (Å²) in [4.78, 5) is 30.0. The monoisotopic (exact) mass is 469 g/mol. The van der Waals surface area contributed by atoms with Crippen LogP contribution in [0.5, 0.6) is 5.75 Å². The van der Waals surface area contributed by atoms with E-state index in [0.717, 1.165) is 38.2 Å². The van der Waals surface area contributed by atoms with E-state index in [0.29, 0.717) is 22.2 Å². The molecule has 4 rings (SSSR count). The molecule has 1 amide bonds. The minimum absolute atomic E-state index is 0.00830. The molecule has 1 atom stereocenters. The Morgan fingerprint density at radius 1 is 1.16 bits per heavy atom. The van der Waals surface area contributed by atoms with Gasteiger partial charge in [0, 0.05) is 29.9 Å². The van der Waals surface area contributed by atoms with E-state index >= 15 is 0 Å². The van der Waals surface area contributed by atoms with Crippen molar-refractivity contribution in [1.82, 2.24) is 14.5 Å². The Kier molecular flexibility index (Phi) is 5.73. The first-order valence-electron chi connectivity index (χ1n) is 10.5. The number of fused-ring (bicyclic) bond motifs is 1. The highest BCUT2D eigenvalue weighted by atomic mass is 35.5. The first kappa shape index (κ1) is 22.6. The van der Waals surface area contributed by atoms with Crippen molar-refractivity contribution in [3.8, 4) is 5.75 Å². The van der Waals surface area contributed by atoms with Crippen molar-refractivity contribution in [3.63, 3.8) is 0 Å². The summed E-state index contributed by atoms with van der Waals surface area (Å²) in [6.45, 7) is 0.699.